The van der Waals surface area contributed by atoms with Crippen LogP contribution >= 0.6 is 19.2 Å². The van der Waals surface area contributed by atoms with Crippen molar-refractivity contribution < 1.29 is 14.4 Å². The molecule has 0 radical (unpaired) electrons. The average molecular weight is 447 g/mol. The van der Waals surface area contributed by atoms with Gasteiger partial charge in [-0.1, -0.05) is 23.7 Å². The summed E-state index contributed by atoms with van der Waals surface area (Å²) < 4.78 is 13.4. The van der Waals surface area contributed by atoms with Crippen LogP contribution in [0.2, 0.25) is 5.15 Å². The van der Waals surface area contributed by atoms with Crippen LogP contribution in [0.5, 0.6) is 0 Å². The van der Waals surface area contributed by atoms with Crippen molar-refractivity contribution in [2.45, 2.75) is 50.4 Å². The van der Waals surface area contributed by atoms with Crippen LogP contribution in [0.15, 0.2) is 30.6 Å². The molecule has 2 N–H and O–H groups in total. The van der Waals surface area contributed by atoms with E-state index in [-0.39, 0.29) is 12.1 Å². The molecule has 0 aliphatic heterocycles. The van der Waals surface area contributed by atoms with Crippen molar-refractivity contribution in [2.24, 2.45) is 5.92 Å². The molecule has 3 aromatic rings. The number of hydrogen-bond acceptors (Lipinski definition) is 4. The monoisotopic (exact) mass is 446 g/mol. The number of aromatic nitrogens is 4. The van der Waals surface area contributed by atoms with E-state index >= 15 is 0 Å². The van der Waals surface area contributed by atoms with Crippen LogP contribution in [0.4, 0.5) is 0 Å². The lowest BCUT2D eigenvalue weighted by atomic mass is 9.79. The number of nitrogens with zero attached hydrogens (tertiary/aromatic N) is 4. The Kier molecular flexibility index (Phi) is 5.18. The fraction of sp³-hybridized carbons (Fsp3) is 0.476. The number of fused-ring (bicyclic) bond motifs is 1. The van der Waals surface area contributed by atoms with Gasteiger partial charge in [-0.2, -0.15) is 0 Å². The van der Waals surface area contributed by atoms with Gasteiger partial charge < -0.3 is 9.79 Å². The molecule has 2 aromatic heterocycles. The molecule has 2 heterocycles. The summed E-state index contributed by atoms with van der Waals surface area (Å²) in [5, 5.41) is 0.379. The molecule has 2 fully saturated rings. The van der Waals surface area contributed by atoms with E-state index in [1.54, 1.807) is 0 Å². The third-order valence-electron chi connectivity index (χ3n) is 6.33. The first-order chi connectivity index (χ1) is 14.4. The Labute approximate surface area is 179 Å². The molecule has 0 amide bonds. The van der Waals surface area contributed by atoms with Crippen LogP contribution in [-0.2, 0) is 4.57 Å². The van der Waals surface area contributed by atoms with Crippen LogP contribution in [0.25, 0.3) is 16.9 Å². The maximum atomic E-state index is 11.3. The van der Waals surface area contributed by atoms with E-state index in [1.165, 1.54) is 11.9 Å². The van der Waals surface area contributed by atoms with E-state index in [0.29, 0.717) is 22.5 Å². The van der Waals surface area contributed by atoms with Crippen LogP contribution in [0, 0.1) is 5.92 Å². The van der Waals surface area contributed by atoms with Gasteiger partial charge in [0.2, 0.25) is 0 Å². The molecule has 0 spiro atoms. The normalized spacial score (nSPS) is 22.5. The van der Waals surface area contributed by atoms with Gasteiger partial charge in [0, 0.05) is 11.6 Å². The molecule has 158 valence electrons. The van der Waals surface area contributed by atoms with Crippen molar-refractivity contribution in [1.29, 1.82) is 0 Å². The number of halogens is 1. The molecule has 0 unspecified atom stereocenters. The highest BCUT2D eigenvalue weighted by atomic mass is 35.5. The molecule has 7 nitrogen and oxygen atoms in total. The Morgan fingerprint density at radius 2 is 1.67 bits per heavy atom. The van der Waals surface area contributed by atoms with Gasteiger partial charge in [0.25, 0.3) is 0 Å². The smallest absolute Gasteiger partial charge is 0.324 e. The van der Waals surface area contributed by atoms with Crippen molar-refractivity contribution in [1.82, 2.24) is 19.5 Å². The van der Waals surface area contributed by atoms with E-state index in [2.05, 4.69) is 38.8 Å². The molecule has 5 rings (SSSR count). The third-order valence-corrected chi connectivity index (χ3v) is 7.60. The first-order valence-corrected chi connectivity index (χ1v) is 12.6. The van der Waals surface area contributed by atoms with Gasteiger partial charge in [0.05, 0.1) is 6.16 Å². The van der Waals surface area contributed by atoms with Crippen molar-refractivity contribution in [3.63, 3.8) is 0 Å². The molecular formula is C21H24ClN4O3P. The Bertz CT molecular complexity index is 1120. The van der Waals surface area contributed by atoms with E-state index in [0.717, 1.165) is 55.7 Å². The molecule has 1 aromatic carbocycles. The Morgan fingerprint density at radius 3 is 2.30 bits per heavy atom. The van der Waals surface area contributed by atoms with Crippen molar-refractivity contribution in [3.05, 3.63) is 47.1 Å². The van der Waals surface area contributed by atoms with Crippen molar-refractivity contribution in [3.8, 4) is 5.69 Å². The molecule has 9 heteroatoms. The van der Waals surface area contributed by atoms with Gasteiger partial charge >= 0.3 is 7.60 Å². The lowest BCUT2D eigenvalue weighted by Gasteiger charge is -2.29. The second-order valence-corrected chi connectivity index (χ2v) is 10.6. The van der Waals surface area contributed by atoms with E-state index in [1.807, 2.05) is 0 Å². The van der Waals surface area contributed by atoms with E-state index in [4.69, 9.17) is 16.6 Å². The topological polar surface area (TPSA) is 101 Å². The summed E-state index contributed by atoms with van der Waals surface area (Å²) in [7, 11) is -3.92. The predicted octanol–water partition coefficient (Wildman–Crippen LogP) is 4.80. The van der Waals surface area contributed by atoms with Crippen LogP contribution in [0.1, 0.15) is 61.7 Å². The highest BCUT2D eigenvalue weighted by molar-refractivity contribution is 7.51. The fourth-order valence-corrected chi connectivity index (χ4v) is 5.87. The van der Waals surface area contributed by atoms with Crippen LogP contribution in [-0.4, -0.2) is 35.5 Å². The minimum atomic E-state index is -3.92. The summed E-state index contributed by atoms with van der Waals surface area (Å²) in [4.78, 5) is 31.7. The number of hydrogen-bond donors (Lipinski definition) is 2. The number of imidazole rings is 1. The summed E-state index contributed by atoms with van der Waals surface area (Å²) in [5.74, 6) is 2.01. The lowest BCUT2D eigenvalue weighted by molar-refractivity contribution is 0.316. The molecule has 2 aliphatic rings. The van der Waals surface area contributed by atoms with Gasteiger partial charge in [-0.05, 0) is 68.1 Å². The summed E-state index contributed by atoms with van der Waals surface area (Å²) in [6.45, 7) is 0. The Morgan fingerprint density at radius 1 is 1.00 bits per heavy atom. The zero-order valence-electron chi connectivity index (χ0n) is 16.5. The highest BCUT2D eigenvalue weighted by Crippen LogP contribution is 2.45. The number of benzene rings is 1. The predicted molar refractivity (Wildman–Crippen MR) is 115 cm³/mol. The first kappa shape index (κ1) is 20.1. The molecular weight excluding hydrogens is 423 g/mol. The van der Waals surface area contributed by atoms with Crippen LogP contribution < -0.4 is 0 Å². The second-order valence-electron chi connectivity index (χ2n) is 8.57. The van der Waals surface area contributed by atoms with Crippen molar-refractivity contribution in [2.75, 3.05) is 6.16 Å². The second kappa shape index (κ2) is 7.72. The van der Waals surface area contributed by atoms with Gasteiger partial charge in [-0.15, -0.1) is 0 Å². The zero-order chi connectivity index (χ0) is 20.9. The average Bonchev–Trinajstić information content (AvgIpc) is 3.48. The van der Waals surface area contributed by atoms with E-state index in [9.17, 15) is 14.4 Å². The first-order valence-electron chi connectivity index (χ1n) is 10.4. The quantitative estimate of drug-likeness (QED) is 0.431. The summed E-state index contributed by atoms with van der Waals surface area (Å²) in [6.07, 6.45) is 7.41. The summed E-state index contributed by atoms with van der Waals surface area (Å²) in [6, 6.07) is 8.55. The summed E-state index contributed by atoms with van der Waals surface area (Å²) >= 11 is 6.26. The maximum Gasteiger partial charge on any atom is 0.325 e. The van der Waals surface area contributed by atoms with Crippen molar-refractivity contribution >= 4 is 30.4 Å². The van der Waals surface area contributed by atoms with Gasteiger partial charge in [0.15, 0.2) is 10.8 Å². The Hall–Kier alpha value is -1.79. The van der Waals surface area contributed by atoms with Crippen LogP contribution in [0.3, 0.4) is 0 Å². The minimum absolute atomic E-state index is 0.0146. The van der Waals surface area contributed by atoms with Gasteiger partial charge in [-0.3, -0.25) is 9.13 Å². The molecule has 0 atom stereocenters. The molecule has 0 saturated heterocycles. The maximum absolute atomic E-state index is 11.3. The Balaban J connectivity index is 1.38. The fourth-order valence-electron chi connectivity index (χ4n) is 4.66. The molecule has 2 aliphatic carbocycles. The lowest BCUT2D eigenvalue weighted by Crippen LogP contribution is -2.16. The number of rotatable bonds is 5. The zero-order valence-corrected chi connectivity index (χ0v) is 18.1. The standard InChI is InChI=1S/C21H24ClN4O3P/c22-19-18-21(24-12-23-19)26(20(25-18)16-5-6-16)17-9-7-15(8-10-17)14-3-1-13(2-4-14)11-30(27,28)29/h7-10,12-14,16H,1-6,11H2,(H2,27,28,29)/t13-,14-. The minimum Gasteiger partial charge on any atom is -0.324 e. The molecule has 2 saturated carbocycles. The van der Waals surface area contributed by atoms with Gasteiger partial charge in [0.1, 0.15) is 17.7 Å². The third kappa shape index (κ3) is 4.04. The molecule has 0 bridgehead atoms. The summed E-state index contributed by atoms with van der Waals surface area (Å²) in [5.41, 5.74) is 3.68. The SMILES string of the molecule is O=P(O)(O)C[C@H]1CC[C@H](c2ccc(-n3c(C4CC4)nc4c(Cl)ncnc43)cc2)CC1. The van der Waals surface area contributed by atoms with Gasteiger partial charge in [-0.25, -0.2) is 15.0 Å². The molecule has 30 heavy (non-hydrogen) atoms. The van der Waals surface area contributed by atoms with E-state index < -0.39 is 7.60 Å². The largest absolute Gasteiger partial charge is 0.325 e. The highest BCUT2D eigenvalue weighted by Gasteiger charge is 2.31.